The Balaban J connectivity index is 2.11. The zero-order chi connectivity index (χ0) is 14.8. The van der Waals surface area contributed by atoms with E-state index >= 15 is 0 Å². The monoisotopic (exact) mass is 292 g/mol. The van der Waals surface area contributed by atoms with Crippen LogP contribution >= 0.6 is 11.6 Å². The second kappa shape index (κ2) is 5.84. The van der Waals surface area contributed by atoms with Gasteiger partial charge in [0.25, 0.3) is 0 Å². The maximum Gasteiger partial charge on any atom is 0.126 e. The Morgan fingerprint density at radius 3 is 2.45 bits per heavy atom. The lowest BCUT2D eigenvalue weighted by molar-refractivity contribution is 0.304. The molecule has 0 aliphatic carbocycles. The summed E-state index contributed by atoms with van der Waals surface area (Å²) >= 11 is 6.28. The summed E-state index contributed by atoms with van der Waals surface area (Å²) in [4.78, 5) is 0. The number of hydrogen-bond donors (Lipinski definition) is 0. The van der Waals surface area contributed by atoms with Crippen LogP contribution in [0.4, 0.5) is 4.39 Å². The van der Waals surface area contributed by atoms with Gasteiger partial charge in [0.1, 0.15) is 18.2 Å². The summed E-state index contributed by atoms with van der Waals surface area (Å²) in [6, 6.07) is 12.1. The van der Waals surface area contributed by atoms with Crippen molar-refractivity contribution in [3.8, 4) is 5.75 Å². The number of benzene rings is 2. The molecule has 0 saturated carbocycles. The number of halogens is 2. The van der Waals surface area contributed by atoms with Crippen LogP contribution in [0.5, 0.6) is 5.75 Å². The Kier molecular flexibility index (Phi) is 4.34. The average Bonchev–Trinajstić information content (AvgIpc) is 2.36. The first kappa shape index (κ1) is 14.9. The number of rotatable bonds is 3. The fourth-order valence-corrected chi connectivity index (χ4v) is 2.08. The van der Waals surface area contributed by atoms with E-state index in [4.69, 9.17) is 16.3 Å². The zero-order valence-electron chi connectivity index (χ0n) is 11.9. The largest absolute Gasteiger partial charge is 0.489 e. The van der Waals surface area contributed by atoms with Gasteiger partial charge in [-0.1, -0.05) is 50.6 Å². The summed E-state index contributed by atoms with van der Waals surface area (Å²) in [5.74, 6) is 0.192. The van der Waals surface area contributed by atoms with Gasteiger partial charge in [-0.3, -0.25) is 0 Å². The van der Waals surface area contributed by atoms with E-state index in [1.807, 2.05) is 12.1 Å². The van der Waals surface area contributed by atoms with Crippen LogP contribution in [0.3, 0.4) is 0 Å². The summed E-state index contributed by atoms with van der Waals surface area (Å²) in [6.07, 6.45) is 0. The third-order valence-electron chi connectivity index (χ3n) is 3.11. The molecule has 3 heteroatoms. The molecule has 0 N–H and O–H groups in total. The van der Waals surface area contributed by atoms with Crippen molar-refractivity contribution in [2.45, 2.75) is 32.8 Å². The van der Waals surface area contributed by atoms with E-state index in [1.54, 1.807) is 12.1 Å². The van der Waals surface area contributed by atoms with Gasteiger partial charge in [0.2, 0.25) is 0 Å². The van der Waals surface area contributed by atoms with E-state index in [2.05, 4.69) is 26.8 Å². The molecule has 0 bridgehead atoms. The second-order valence-corrected chi connectivity index (χ2v) is 6.21. The van der Waals surface area contributed by atoms with E-state index in [1.165, 1.54) is 17.7 Å². The molecule has 106 valence electrons. The predicted molar refractivity (Wildman–Crippen MR) is 80.9 cm³/mol. The molecular weight excluding hydrogens is 275 g/mol. The van der Waals surface area contributed by atoms with Crippen molar-refractivity contribution >= 4 is 11.6 Å². The van der Waals surface area contributed by atoms with Gasteiger partial charge in [-0.2, -0.15) is 0 Å². The van der Waals surface area contributed by atoms with Crippen LogP contribution in [0.15, 0.2) is 42.5 Å². The number of ether oxygens (including phenoxy) is 1. The minimum atomic E-state index is -0.309. The normalized spacial score (nSPS) is 11.4. The highest BCUT2D eigenvalue weighted by Gasteiger charge is 2.15. The third kappa shape index (κ3) is 3.73. The van der Waals surface area contributed by atoms with Crippen LogP contribution in [-0.4, -0.2) is 0 Å². The topological polar surface area (TPSA) is 9.23 Å². The van der Waals surface area contributed by atoms with Crippen molar-refractivity contribution in [3.05, 3.63) is 64.4 Å². The van der Waals surface area contributed by atoms with Crippen LogP contribution < -0.4 is 4.74 Å². The molecule has 1 nitrogen and oxygen atoms in total. The molecule has 0 aliphatic rings. The average molecular weight is 293 g/mol. The van der Waals surface area contributed by atoms with Crippen molar-refractivity contribution in [3.63, 3.8) is 0 Å². The van der Waals surface area contributed by atoms with Gasteiger partial charge in [0, 0.05) is 16.7 Å². The van der Waals surface area contributed by atoms with Crippen molar-refractivity contribution in [2.24, 2.45) is 0 Å². The fourth-order valence-electron chi connectivity index (χ4n) is 1.85. The van der Waals surface area contributed by atoms with Gasteiger partial charge in [0.15, 0.2) is 0 Å². The maximum atomic E-state index is 13.1. The Labute approximate surface area is 124 Å². The molecule has 0 aromatic heterocycles. The SMILES string of the molecule is CC(C)(C)c1ccc(COc2cccc(F)c2)c(Cl)c1. The Morgan fingerprint density at radius 2 is 1.85 bits per heavy atom. The maximum absolute atomic E-state index is 13.1. The molecule has 0 saturated heterocycles. The lowest BCUT2D eigenvalue weighted by Crippen LogP contribution is -2.11. The minimum Gasteiger partial charge on any atom is -0.489 e. The molecular formula is C17H18ClFO. The molecule has 20 heavy (non-hydrogen) atoms. The summed E-state index contributed by atoms with van der Waals surface area (Å²) in [7, 11) is 0. The van der Waals surface area contributed by atoms with E-state index in [0.29, 0.717) is 17.4 Å². The summed E-state index contributed by atoms with van der Waals surface area (Å²) in [6.45, 7) is 6.75. The Morgan fingerprint density at radius 1 is 1.10 bits per heavy atom. The van der Waals surface area contributed by atoms with Crippen LogP contribution in [0.25, 0.3) is 0 Å². The zero-order valence-corrected chi connectivity index (χ0v) is 12.7. The quantitative estimate of drug-likeness (QED) is 0.740. The number of hydrogen-bond acceptors (Lipinski definition) is 1. The highest BCUT2D eigenvalue weighted by atomic mass is 35.5. The Hall–Kier alpha value is -1.54. The smallest absolute Gasteiger partial charge is 0.126 e. The molecule has 0 radical (unpaired) electrons. The van der Waals surface area contributed by atoms with Crippen molar-refractivity contribution < 1.29 is 9.13 Å². The molecule has 0 aliphatic heterocycles. The summed E-state index contributed by atoms with van der Waals surface area (Å²) in [5, 5.41) is 0.675. The van der Waals surface area contributed by atoms with Gasteiger partial charge in [-0.15, -0.1) is 0 Å². The van der Waals surface area contributed by atoms with Gasteiger partial charge in [-0.25, -0.2) is 4.39 Å². The van der Waals surface area contributed by atoms with Crippen LogP contribution in [0.2, 0.25) is 5.02 Å². The first-order valence-electron chi connectivity index (χ1n) is 6.53. The fraction of sp³-hybridized carbons (Fsp3) is 0.294. The van der Waals surface area contributed by atoms with Gasteiger partial charge in [0.05, 0.1) is 0 Å². The lowest BCUT2D eigenvalue weighted by Gasteiger charge is -2.20. The van der Waals surface area contributed by atoms with E-state index < -0.39 is 0 Å². The van der Waals surface area contributed by atoms with Crippen LogP contribution in [0, 0.1) is 5.82 Å². The Bertz CT molecular complexity index is 602. The highest BCUT2D eigenvalue weighted by Crippen LogP contribution is 2.27. The first-order chi connectivity index (χ1) is 9.36. The molecule has 0 heterocycles. The van der Waals surface area contributed by atoms with Crippen LogP contribution in [0.1, 0.15) is 31.9 Å². The van der Waals surface area contributed by atoms with Crippen molar-refractivity contribution in [1.82, 2.24) is 0 Å². The summed E-state index contributed by atoms with van der Waals surface area (Å²) < 4.78 is 18.6. The highest BCUT2D eigenvalue weighted by molar-refractivity contribution is 6.31. The molecule has 0 spiro atoms. The second-order valence-electron chi connectivity index (χ2n) is 5.80. The van der Waals surface area contributed by atoms with Crippen molar-refractivity contribution in [1.29, 1.82) is 0 Å². The van der Waals surface area contributed by atoms with Gasteiger partial charge in [-0.05, 0) is 29.2 Å². The molecule has 2 aromatic rings. The molecule has 0 fully saturated rings. The van der Waals surface area contributed by atoms with E-state index in [-0.39, 0.29) is 11.2 Å². The molecule has 2 rings (SSSR count). The third-order valence-corrected chi connectivity index (χ3v) is 3.46. The molecule has 0 unspecified atom stereocenters. The van der Waals surface area contributed by atoms with Gasteiger partial charge < -0.3 is 4.74 Å². The van der Waals surface area contributed by atoms with E-state index in [0.717, 1.165) is 5.56 Å². The van der Waals surface area contributed by atoms with Crippen molar-refractivity contribution in [2.75, 3.05) is 0 Å². The molecule has 2 aromatic carbocycles. The minimum absolute atomic E-state index is 0.0611. The first-order valence-corrected chi connectivity index (χ1v) is 6.91. The predicted octanol–water partition coefficient (Wildman–Crippen LogP) is 5.36. The van der Waals surface area contributed by atoms with Crippen LogP contribution in [-0.2, 0) is 12.0 Å². The van der Waals surface area contributed by atoms with E-state index in [9.17, 15) is 4.39 Å². The molecule has 0 atom stereocenters. The van der Waals surface area contributed by atoms with Gasteiger partial charge >= 0.3 is 0 Å². The molecule has 0 amide bonds. The summed E-state index contributed by atoms with van der Waals surface area (Å²) in [5.41, 5.74) is 2.13. The lowest BCUT2D eigenvalue weighted by atomic mass is 9.87. The standard InChI is InChI=1S/C17H18ClFO/c1-17(2,3)13-8-7-12(16(18)9-13)11-20-15-6-4-5-14(19)10-15/h4-10H,11H2,1-3H3.